The average molecular weight is 392 g/mol. The maximum absolute atomic E-state index is 13.1. The molecule has 1 fully saturated rings. The van der Waals surface area contributed by atoms with Crippen molar-refractivity contribution < 1.29 is 9.59 Å². The highest BCUT2D eigenvalue weighted by molar-refractivity contribution is 5.89. The number of hydrogen-bond acceptors (Lipinski definition) is 3. The average Bonchev–Trinajstić information content (AvgIpc) is 2.72. The van der Waals surface area contributed by atoms with Crippen molar-refractivity contribution in [3.8, 4) is 11.1 Å². The summed E-state index contributed by atoms with van der Waals surface area (Å²) in [6.45, 7) is 9.45. The zero-order valence-electron chi connectivity index (χ0n) is 17.3. The van der Waals surface area contributed by atoms with Gasteiger partial charge >= 0.3 is 0 Å². The van der Waals surface area contributed by atoms with E-state index in [-0.39, 0.29) is 17.7 Å². The van der Waals surface area contributed by atoms with Gasteiger partial charge in [0.25, 0.3) is 0 Å². The molecule has 1 aliphatic heterocycles. The van der Waals surface area contributed by atoms with Gasteiger partial charge in [-0.1, -0.05) is 50.3 Å². The summed E-state index contributed by atoms with van der Waals surface area (Å²) < 4.78 is 0. The van der Waals surface area contributed by atoms with Crippen molar-refractivity contribution >= 4 is 11.8 Å². The molecule has 5 heteroatoms. The minimum Gasteiger partial charge on any atom is -0.335 e. The number of aromatic nitrogens is 1. The number of hydrogen-bond donors (Lipinski definition) is 0. The van der Waals surface area contributed by atoms with Crippen molar-refractivity contribution in [2.45, 2.75) is 32.7 Å². The van der Waals surface area contributed by atoms with Gasteiger partial charge < -0.3 is 9.80 Å². The minimum atomic E-state index is -0.459. The van der Waals surface area contributed by atoms with Crippen LogP contribution in [-0.4, -0.2) is 52.3 Å². The summed E-state index contributed by atoms with van der Waals surface area (Å²) in [6.07, 6.45) is 6.31. The zero-order chi connectivity index (χ0) is 20.8. The first kappa shape index (κ1) is 20.8. The molecule has 2 amide bonds. The summed E-state index contributed by atoms with van der Waals surface area (Å²) in [6, 6.07) is 11.6. The summed E-state index contributed by atoms with van der Waals surface area (Å²) >= 11 is 0. The molecule has 1 atom stereocenters. The first-order valence-corrected chi connectivity index (χ1v) is 10.2. The number of carbonyl (C=O) groups is 2. The maximum atomic E-state index is 13.1. The van der Waals surface area contributed by atoms with E-state index >= 15 is 0 Å². The van der Waals surface area contributed by atoms with Crippen LogP contribution in [0.3, 0.4) is 0 Å². The quantitative estimate of drug-likeness (QED) is 0.678. The SMILES string of the molecule is C=CCN1CCN(C(=O)CC(C)C)[C@@H](Cc2ccc(-c3cccnc3)cc2)C1=O. The van der Waals surface area contributed by atoms with Crippen LogP contribution in [0.4, 0.5) is 0 Å². The Balaban J connectivity index is 1.80. The molecule has 0 bridgehead atoms. The molecule has 2 heterocycles. The maximum Gasteiger partial charge on any atom is 0.246 e. The van der Waals surface area contributed by atoms with Crippen molar-refractivity contribution in [2.75, 3.05) is 19.6 Å². The highest BCUT2D eigenvalue weighted by Gasteiger charge is 2.36. The van der Waals surface area contributed by atoms with Crippen LogP contribution in [0.15, 0.2) is 61.4 Å². The molecule has 1 aliphatic rings. The molecule has 1 aromatic heterocycles. The Bertz CT molecular complexity index is 846. The molecule has 1 aromatic carbocycles. The predicted molar refractivity (Wildman–Crippen MR) is 115 cm³/mol. The lowest BCUT2D eigenvalue weighted by Gasteiger charge is -2.40. The third-order valence-electron chi connectivity index (χ3n) is 5.21. The molecule has 0 unspecified atom stereocenters. The predicted octanol–water partition coefficient (Wildman–Crippen LogP) is 3.56. The highest BCUT2D eigenvalue weighted by Crippen LogP contribution is 2.22. The van der Waals surface area contributed by atoms with E-state index in [0.29, 0.717) is 32.5 Å². The fourth-order valence-electron chi connectivity index (χ4n) is 3.73. The van der Waals surface area contributed by atoms with Crippen LogP contribution in [0.2, 0.25) is 0 Å². The van der Waals surface area contributed by atoms with Crippen molar-refractivity contribution in [3.05, 3.63) is 67.0 Å². The lowest BCUT2D eigenvalue weighted by Crippen LogP contribution is -2.59. The molecule has 29 heavy (non-hydrogen) atoms. The van der Waals surface area contributed by atoms with E-state index in [1.165, 1.54) is 0 Å². The van der Waals surface area contributed by atoms with Crippen LogP contribution in [0.25, 0.3) is 11.1 Å². The highest BCUT2D eigenvalue weighted by atomic mass is 16.2. The van der Waals surface area contributed by atoms with Crippen LogP contribution < -0.4 is 0 Å². The van der Waals surface area contributed by atoms with Crippen LogP contribution in [0, 0.1) is 5.92 Å². The number of carbonyl (C=O) groups excluding carboxylic acids is 2. The molecule has 3 rings (SSSR count). The van der Waals surface area contributed by atoms with Crippen LogP contribution in [0.1, 0.15) is 25.8 Å². The molecule has 5 nitrogen and oxygen atoms in total. The Labute approximate surface area is 173 Å². The summed E-state index contributed by atoms with van der Waals surface area (Å²) in [4.78, 5) is 33.6. The topological polar surface area (TPSA) is 53.5 Å². The molecule has 0 saturated carbocycles. The van der Waals surface area contributed by atoms with Gasteiger partial charge in [-0.3, -0.25) is 14.6 Å². The Morgan fingerprint density at radius 1 is 1.21 bits per heavy atom. The lowest BCUT2D eigenvalue weighted by molar-refractivity contribution is -0.151. The van der Waals surface area contributed by atoms with E-state index in [1.54, 1.807) is 22.1 Å². The van der Waals surface area contributed by atoms with Gasteiger partial charge in [0.1, 0.15) is 6.04 Å². The van der Waals surface area contributed by atoms with Gasteiger partial charge in [0, 0.05) is 44.9 Å². The van der Waals surface area contributed by atoms with E-state index < -0.39 is 6.04 Å². The smallest absolute Gasteiger partial charge is 0.246 e. The Morgan fingerprint density at radius 2 is 1.97 bits per heavy atom. The zero-order valence-corrected chi connectivity index (χ0v) is 17.3. The van der Waals surface area contributed by atoms with Crippen LogP contribution in [0.5, 0.6) is 0 Å². The van der Waals surface area contributed by atoms with Gasteiger partial charge in [-0.2, -0.15) is 0 Å². The fourth-order valence-corrected chi connectivity index (χ4v) is 3.73. The summed E-state index contributed by atoms with van der Waals surface area (Å²) in [5.41, 5.74) is 3.18. The Morgan fingerprint density at radius 3 is 2.59 bits per heavy atom. The van der Waals surface area contributed by atoms with Crippen molar-refractivity contribution in [3.63, 3.8) is 0 Å². The van der Waals surface area contributed by atoms with Crippen LogP contribution >= 0.6 is 0 Å². The molecular weight excluding hydrogens is 362 g/mol. The summed E-state index contributed by atoms with van der Waals surface area (Å²) in [5.74, 6) is 0.330. The second-order valence-corrected chi connectivity index (χ2v) is 7.92. The first-order valence-electron chi connectivity index (χ1n) is 10.2. The third-order valence-corrected chi connectivity index (χ3v) is 5.21. The number of amides is 2. The van der Waals surface area contributed by atoms with Gasteiger partial charge in [0.05, 0.1) is 0 Å². The minimum absolute atomic E-state index is 0.00425. The molecule has 0 radical (unpaired) electrons. The largest absolute Gasteiger partial charge is 0.335 e. The third kappa shape index (κ3) is 5.11. The first-order chi connectivity index (χ1) is 14.0. The van der Waals surface area contributed by atoms with Crippen molar-refractivity contribution in [2.24, 2.45) is 5.92 Å². The van der Waals surface area contributed by atoms with Gasteiger partial charge in [-0.05, 0) is 28.7 Å². The standard InChI is InChI=1S/C24H29N3O2/c1-4-12-26-13-14-27(23(28)15-18(2)3)22(24(26)29)16-19-7-9-20(10-8-19)21-6-5-11-25-17-21/h4-11,17-18,22H,1,12-16H2,2-3H3/t22-/m0/s1. The molecular formula is C24H29N3O2. The van der Waals surface area contributed by atoms with Gasteiger partial charge in [-0.15, -0.1) is 6.58 Å². The second kappa shape index (κ2) is 9.50. The number of pyridine rings is 1. The number of piperazine rings is 1. The second-order valence-electron chi connectivity index (χ2n) is 7.92. The van der Waals surface area contributed by atoms with Crippen LogP contribution in [-0.2, 0) is 16.0 Å². The summed E-state index contributed by atoms with van der Waals surface area (Å²) in [7, 11) is 0. The number of nitrogens with zero attached hydrogens (tertiary/aromatic N) is 3. The molecule has 0 spiro atoms. The van der Waals surface area contributed by atoms with Crippen molar-refractivity contribution in [1.29, 1.82) is 0 Å². The lowest BCUT2D eigenvalue weighted by atomic mass is 9.97. The molecule has 2 aromatic rings. The van der Waals surface area contributed by atoms with E-state index in [4.69, 9.17) is 0 Å². The van der Waals surface area contributed by atoms with Gasteiger partial charge in [-0.25, -0.2) is 0 Å². The van der Waals surface area contributed by atoms with Gasteiger partial charge in [0.2, 0.25) is 11.8 Å². The van der Waals surface area contributed by atoms with Crippen molar-refractivity contribution in [1.82, 2.24) is 14.8 Å². The van der Waals surface area contributed by atoms with E-state index in [0.717, 1.165) is 16.7 Å². The van der Waals surface area contributed by atoms with E-state index in [1.807, 2.05) is 56.4 Å². The molecule has 0 aliphatic carbocycles. The van der Waals surface area contributed by atoms with E-state index in [9.17, 15) is 9.59 Å². The molecule has 1 saturated heterocycles. The monoisotopic (exact) mass is 391 g/mol. The molecule has 152 valence electrons. The molecule has 0 N–H and O–H groups in total. The van der Waals surface area contributed by atoms with E-state index in [2.05, 4.69) is 11.6 Å². The Hall–Kier alpha value is -2.95. The number of rotatable bonds is 7. The normalized spacial score (nSPS) is 16.9. The fraction of sp³-hybridized carbons (Fsp3) is 0.375. The Kier molecular flexibility index (Phi) is 6.81. The van der Waals surface area contributed by atoms with Gasteiger partial charge in [0.15, 0.2) is 0 Å². The number of benzene rings is 1. The summed E-state index contributed by atoms with van der Waals surface area (Å²) in [5, 5.41) is 0.